The van der Waals surface area contributed by atoms with E-state index in [0.29, 0.717) is 0 Å². The molecule has 1 nitrogen and oxygen atoms in total. The van der Waals surface area contributed by atoms with Gasteiger partial charge in [0.1, 0.15) is 11.6 Å². The highest BCUT2D eigenvalue weighted by atomic mass is 32.2. The highest BCUT2D eigenvalue weighted by Crippen LogP contribution is 2.13. The molecule has 0 N–H and O–H groups in total. The third kappa shape index (κ3) is 2.11. The van der Waals surface area contributed by atoms with Gasteiger partial charge < -0.3 is 0 Å². The van der Waals surface area contributed by atoms with Crippen LogP contribution in [0.25, 0.3) is 0 Å². The van der Waals surface area contributed by atoms with Gasteiger partial charge in [0.25, 0.3) is 0 Å². The Kier molecular flexibility index (Phi) is 2.92. The van der Waals surface area contributed by atoms with Crippen molar-refractivity contribution in [1.29, 1.82) is 0 Å². The first-order chi connectivity index (χ1) is 5.61. The second-order valence-corrected chi connectivity index (χ2v) is 3.85. The Morgan fingerprint density at radius 2 is 1.83 bits per heavy atom. The first-order valence-electron chi connectivity index (χ1n) is 3.34. The van der Waals surface area contributed by atoms with Crippen molar-refractivity contribution < 1.29 is 13.0 Å². The van der Waals surface area contributed by atoms with Crippen LogP contribution in [-0.4, -0.2) is 10.5 Å². The van der Waals surface area contributed by atoms with Crippen molar-refractivity contribution >= 4 is 10.8 Å². The summed E-state index contributed by atoms with van der Waals surface area (Å²) in [5.41, 5.74) is -0.0988. The zero-order valence-corrected chi connectivity index (χ0v) is 7.33. The van der Waals surface area contributed by atoms with Gasteiger partial charge in [-0.05, 0) is 12.1 Å². The fraction of sp³-hybridized carbons (Fsp3) is 0.250. The Labute approximate surface area is 71.9 Å². The zero-order valence-electron chi connectivity index (χ0n) is 6.51. The summed E-state index contributed by atoms with van der Waals surface area (Å²) in [5.74, 6) is -1.34. The molecule has 0 fully saturated rings. The number of benzene rings is 1. The Bertz CT molecular complexity index is 292. The van der Waals surface area contributed by atoms with Gasteiger partial charge in [-0.1, -0.05) is 6.07 Å². The SMILES string of the molecule is CS(=O)Cc1c(F)cccc1F. The molecule has 0 spiro atoms. The summed E-state index contributed by atoms with van der Waals surface area (Å²) in [7, 11) is -1.22. The molecule has 1 atom stereocenters. The number of hydrogen-bond donors (Lipinski definition) is 0. The van der Waals surface area contributed by atoms with Crippen LogP contribution in [0.3, 0.4) is 0 Å². The summed E-state index contributed by atoms with van der Waals surface area (Å²) >= 11 is 0. The van der Waals surface area contributed by atoms with Crippen LogP contribution in [-0.2, 0) is 16.6 Å². The predicted molar refractivity (Wildman–Crippen MR) is 44.1 cm³/mol. The maximum atomic E-state index is 12.8. The minimum atomic E-state index is -1.22. The summed E-state index contributed by atoms with van der Waals surface area (Å²) in [5, 5.41) is 0. The van der Waals surface area contributed by atoms with E-state index in [4.69, 9.17) is 0 Å². The van der Waals surface area contributed by atoms with E-state index in [1.54, 1.807) is 0 Å². The highest BCUT2D eigenvalue weighted by molar-refractivity contribution is 7.83. The third-order valence-electron chi connectivity index (χ3n) is 1.41. The second-order valence-electron chi connectivity index (χ2n) is 2.42. The van der Waals surface area contributed by atoms with Crippen LogP contribution in [0, 0.1) is 11.6 Å². The molecule has 0 aliphatic rings. The minimum Gasteiger partial charge on any atom is -0.260 e. The van der Waals surface area contributed by atoms with Gasteiger partial charge in [0.2, 0.25) is 0 Å². The number of halogens is 2. The van der Waals surface area contributed by atoms with Gasteiger partial charge in [0.15, 0.2) is 0 Å². The Morgan fingerprint density at radius 1 is 1.33 bits per heavy atom. The molecule has 4 heteroatoms. The molecule has 0 aromatic heterocycles. The van der Waals surface area contributed by atoms with E-state index in [-0.39, 0.29) is 11.3 Å². The van der Waals surface area contributed by atoms with Crippen molar-refractivity contribution in [1.82, 2.24) is 0 Å². The molecule has 0 aliphatic carbocycles. The van der Waals surface area contributed by atoms with Gasteiger partial charge in [-0.15, -0.1) is 0 Å². The average molecular weight is 190 g/mol. The van der Waals surface area contributed by atoms with Gasteiger partial charge in [-0.25, -0.2) is 8.78 Å². The molecular weight excluding hydrogens is 182 g/mol. The van der Waals surface area contributed by atoms with Crippen LogP contribution in [0.15, 0.2) is 18.2 Å². The van der Waals surface area contributed by atoms with E-state index in [1.165, 1.54) is 12.3 Å². The van der Waals surface area contributed by atoms with Gasteiger partial charge in [-0.3, -0.25) is 4.21 Å². The monoisotopic (exact) mass is 190 g/mol. The summed E-state index contributed by atoms with van der Waals surface area (Å²) in [6.07, 6.45) is 1.41. The molecule has 0 saturated heterocycles. The summed E-state index contributed by atoms with van der Waals surface area (Å²) in [6, 6.07) is 3.60. The van der Waals surface area contributed by atoms with E-state index in [0.717, 1.165) is 12.1 Å². The van der Waals surface area contributed by atoms with E-state index in [9.17, 15) is 13.0 Å². The molecule has 1 aromatic carbocycles. The van der Waals surface area contributed by atoms with Gasteiger partial charge in [0, 0.05) is 22.6 Å². The first kappa shape index (κ1) is 9.32. The second kappa shape index (κ2) is 3.76. The van der Waals surface area contributed by atoms with Crippen molar-refractivity contribution in [2.45, 2.75) is 5.75 Å². The van der Waals surface area contributed by atoms with Crippen LogP contribution in [0.2, 0.25) is 0 Å². The molecule has 1 aromatic rings. The van der Waals surface area contributed by atoms with Gasteiger partial charge >= 0.3 is 0 Å². The fourth-order valence-electron chi connectivity index (χ4n) is 0.873. The molecule has 0 aliphatic heterocycles. The Balaban J connectivity index is 3.04. The van der Waals surface area contributed by atoms with Crippen molar-refractivity contribution in [3.8, 4) is 0 Å². The molecular formula is C8H8F2OS. The largest absolute Gasteiger partial charge is 0.260 e. The molecule has 0 amide bonds. The Morgan fingerprint density at radius 3 is 2.25 bits per heavy atom. The smallest absolute Gasteiger partial charge is 0.130 e. The van der Waals surface area contributed by atoms with Crippen LogP contribution in [0.1, 0.15) is 5.56 Å². The van der Waals surface area contributed by atoms with Gasteiger partial charge in [-0.2, -0.15) is 0 Å². The van der Waals surface area contributed by atoms with E-state index >= 15 is 0 Å². The number of rotatable bonds is 2. The lowest BCUT2D eigenvalue weighted by molar-refractivity contribution is 0.564. The lowest BCUT2D eigenvalue weighted by atomic mass is 10.2. The molecule has 1 rings (SSSR count). The topological polar surface area (TPSA) is 17.1 Å². The lowest BCUT2D eigenvalue weighted by Crippen LogP contribution is -1.99. The van der Waals surface area contributed by atoms with E-state index in [1.807, 2.05) is 0 Å². The van der Waals surface area contributed by atoms with E-state index in [2.05, 4.69) is 0 Å². The summed E-state index contributed by atoms with van der Waals surface area (Å²) in [6.45, 7) is 0. The average Bonchev–Trinajstić information content (AvgIpc) is 1.97. The van der Waals surface area contributed by atoms with Crippen molar-refractivity contribution in [3.63, 3.8) is 0 Å². The molecule has 0 radical (unpaired) electrons. The standard InChI is InChI=1S/C8H8F2OS/c1-12(11)5-6-7(9)3-2-4-8(6)10/h2-4H,5H2,1H3. The molecule has 12 heavy (non-hydrogen) atoms. The van der Waals surface area contributed by atoms with E-state index < -0.39 is 22.4 Å². The van der Waals surface area contributed by atoms with Crippen molar-refractivity contribution in [3.05, 3.63) is 35.4 Å². The lowest BCUT2D eigenvalue weighted by Gasteiger charge is -2.01. The van der Waals surface area contributed by atoms with Crippen LogP contribution in [0.4, 0.5) is 8.78 Å². The molecule has 0 bridgehead atoms. The molecule has 0 saturated carbocycles. The zero-order chi connectivity index (χ0) is 9.14. The predicted octanol–water partition coefficient (Wildman–Crippen LogP) is 1.84. The Hall–Kier alpha value is -0.770. The fourth-order valence-corrected chi connectivity index (χ4v) is 1.56. The molecule has 66 valence electrons. The third-order valence-corrected chi connectivity index (χ3v) is 2.10. The number of hydrogen-bond acceptors (Lipinski definition) is 1. The van der Waals surface area contributed by atoms with Crippen LogP contribution in [0.5, 0.6) is 0 Å². The van der Waals surface area contributed by atoms with Crippen LogP contribution >= 0.6 is 0 Å². The van der Waals surface area contributed by atoms with Crippen molar-refractivity contribution in [2.24, 2.45) is 0 Å². The van der Waals surface area contributed by atoms with Crippen molar-refractivity contribution in [2.75, 3.05) is 6.26 Å². The minimum absolute atomic E-state index is 0.0709. The van der Waals surface area contributed by atoms with Gasteiger partial charge in [0.05, 0.1) is 5.75 Å². The summed E-state index contributed by atoms with van der Waals surface area (Å²) in [4.78, 5) is 0. The first-order valence-corrected chi connectivity index (χ1v) is 5.07. The molecule has 0 heterocycles. The maximum Gasteiger partial charge on any atom is 0.130 e. The molecule has 1 unspecified atom stereocenters. The van der Waals surface area contributed by atoms with Crippen LogP contribution < -0.4 is 0 Å². The summed E-state index contributed by atoms with van der Waals surface area (Å²) < 4.78 is 36.4. The quantitative estimate of drug-likeness (QED) is 0.695. The maximum absolute atomic E-state index is 12.8. The highest BCUT2D eigenvalue weighted by Gasteiger charge is 2.08. The normalized spacial score (nSPS) is 12.9.